The number of hydrogen-bond donors (Lipinski definition) is 1. The van der Waals surface area contributed by atoms with Crippen molar-refractivity contribution >= 4 is 39.8 Å². The molecule has 0 amide bonds. The molecule has 3 rings (SSSR count). The van der Waals surface area contributed by atoms with Gasteiger partial charge in [0, 0.05) is 38.2 Å². The molecule has 1 aromatic heterocycles. The lowest BCUT2D eigenvalue weighted by atomic mass is 10.1. The zero-order valence-corrected chi connectivity index (χ0v) is 21.7. The lowest BCUT2D eigenvalue weighted by Gasteiger charge is -2.39. The van der Waals surface area contributed by atoms with Crippen LogP contribution in [0.2, 0.25) is 0 Å². The SMILES string of the molecule is CCNC(=NCCc1ccc(-c2nc(CC)no2)cc1)N1CCS(=O)(=O)C(C)(C)C1.I. The van der Waals surface area contributed by atoms with E-state index >= 15 is 0 Å². The van der Waals surface area contributed by atoms with Gasteiger partial charge in [-0.15, -0.1) is 24.0 Å². The molecule has 1 fully saturated rings. The molecule has 172 valence electrons. The van der Waals surface area contributed by atoms with Crippen molar-refractivity contribution in [3.05, 3.63) is 35.7 Å². The van der Waals surface area contributed by atoms with Crippen LogP contribution in [0.4, 0.5) is 0 Å². The monoisotopic (exact) mass is 561 g/mol. The number of guanidine groups is 1. The summed E-state index contributed by atoms with van der Waals surface area (Å²) in [6.45, 7) is 9.84. The summed E-state index contributed by atoms with van der Waals surface area (Å²) in [4.78, 5) is 11.1. The van der Waals surface area contributed by atoms with E-state index in [0.717, 1.165) is 36.5 Å². The maximum absolute atomic E-state index is 12.3. The maximum atomic E-state index is 12.3. The Bertz CT molecular complexity index is 987. The number of sulfone groups is 1. The van der Waals surface area contributed by atoms with Gasteiger partial charge in [-0.05, 0) is 44.9 Å². The number of halogens is 1. The summed E-state index contributed by atoms with van der Waals surface area (Å²) in [6, 6.07) is 8.05. The number of hydrogen-bond acceptors (Lipinski definition) is 6. The van der Waals surface area contributed by atoms with Crippen molar-refractivity contribution in [2.45, 2.75) is 45.3 Å². The van der Waals surface area contributed by atoms with Crippen molar-refractivity contribution in [3.63, 3.8) is 0 Å². The zero-order chi connectivity index (χ0) is 21.8. The summed E-state index contributed by atoms with van der Waals surface area (Å²) in [6.07, 6.45) is 1.53. The summed E-state index contributed by atoms with van der Waals surface area (Å²) in [7, 11) is -3.07. The Kier molecular flexibility index (Phi) is 8.87. The van der Waals surface area contributed by atoms with E-state index in [2.05, 4.69) is 20.4 Å². The standard InChI is InChI=1S/C21H31N5O3S.HI/c1-5-18-24-19(29-25-18)17-9-7-16(8-10-17)11-12-23-20(22-6-2)26-13-14-30(27,28)21(3,4)15-26;/h7-10H,5-6,11-15H2,1-4H3,(H,22,23);1H. The summed E-state index contributed by atoms with van der Waals surface area (Å²) < 4.78 is 29.1. The smallest absolute Gasteiger partial charge is 0.257 e. The fourth-order valence-corrected chi connectivity index (χ4v) is 4.74. The van der Waals surface area contributed by atoms with Crippen molar-refractivity contribution < 1.29 is 12.9 Å². The van der Waals surface area contributed by atoms with E-state index in [-0.39, 0.29) is 29.7 Å². The summed E-state index contributed by atoms with van der Waals surface area (Å²) in [5.41, 5.74) is 2.06. The van der Waals surface area contributed by atoms with Crippen molar-refractivity contribution in [1.29, 1.82) is 0 Å². The van der Waals surface area contributed by atoms with Gasteiger partial charge in [0.1, 0.15) is 0 Å². The molecule has 0 unspecified atom stereocenters. The molecule has 2 heterocycles. The Labute approximate surface area is 201 Å². The van der Waals surface area contributed by atoms with E-state index in [0.29, 0.717) is 31.3 Å². The topological polar surface area (TPSA) is 101 Å². The zero-order valence-electron chi connectivity index (χ0n) is 18.6. The first-order chi connectivity index (χ1) is 14.3. The van der Waals surface area contributed by atoms with Crippen LogP contribution >= 0.6 is 24.0 Å². The van der Waals surface area contributed by atoms with Gasteiger partial charge in [-0.1, -0.05) is 24.2 Å². The molecule has 31 heavy (non-hydrogen) atoms. The van der Waals surface area contributed by atoms with E-state index in [1.165, 1.54) is 0 Å². The van der Waals surface area contributed by atoms with Gasteiger partial charge in [0.2, 0.25) is 0 Å². The molecule has 0 bridgehead atoms. The first kappa shape index (κ1) is 25.6. The highest BCUT2D eigenvalue weighted by atomic mass is 127. The molecule has 0 spiro atoms. The molecule has 0 atom stereocenters. The number of aromatic nitrogens is 2. The van der Waals surface area contributed by atoms with Crippen molar-refractivity contribution in [2.75, 3.05) is 31.9 Å². The molecule has 10 heteroatoms. The number of benzene rings is 1. The predicted molar refractivity (Wildman–Crippen MR) is 134 cm³/mol. The highest BCUT2D eigenvalue weighted by molar-refractivity contribution is 14.0. The Morgan fingerprint density at radius 1 is 1.26 bits per heavy atom. The number of nitrogens with one attached hydrogen (secondary N) is 1. The molecule has 1 aliphatic rings. The lowest BCUT2D eigenvalue weighted by molar-refractivity contribution is 0.353. The highest BCUT2D eigenvalue weighted by Crippen LogP contribution is 2.24. The average molecular weight is 561 g/mol. The van der Waals surface area contributed by atoms with E-state index in [9.17, 15) is 8.42 Å². The quantitative estimate of drug-likeness (QED) is 0.329. The normalized spacial score (nSPS) is 17.8. The van der Waals surface area contributed by atoms with Crippen LogP contribution in [0.1, 0.15) is 39.1 Å². The number of aryl methyl sites for hydroxylation is 1. The number of rotatable bonds is 6. The predicted octanol–water partition coefficient (Wildman–Crippen LogP) is 2.93. The van der Waals surface area contributed by atoms with Gasteiger partial charge in [-0.25, -0.2) is 8.42 Å². The molecule has 2 aromatic rings. The van der Waals surface area contributed by atoms with E-state index in [1.54, 1.807) is 13.8 Å². The van der Waals surface area contributed by atoms with Crippen molar-refractivity contribution in [1.82, 2.24) is 20.4 Å². The lowest BCUT2D eigenvalue weighted by Crippen LogP contribution is -2.57. The van der Waals surface area contributed by atoms with Gasteiger partial charge >= 0.3 is 0 Å². The molecular weight excluding hydrogens is 529 g/mol. The van der Waals surface area contributed by atoms with Gasteiger partial charge in [-0.2, -0.15) is 4.98 Å². The minimum absolute atomic E-state index is 0. The second-order valence-corrected chi connectivity index (χ2v) is 10.8. The van der Waals surface area contributed by atoms with Gasteiger partial charge < -0.3 is 14.7 Å². The van der Waals surface area contributed by atoms with E-state index in [1.807, 2.05) is 38.1 Å². The fourth-order valence-electron chi connectivity index (χ4n) is 3.37. The third-order valence-corrected chi connectivity index (χ3v) is 7.86. The van der Waals surface area contributed by atoms with Crippen LogP contribution in [-0.2, 0) is 22.7 Å². The van der Waals surface area contributed by atoms with Gasteiger partial charge in [-0.3, -0.25) is 4.99 Å². The third-order valence-electron chi connectivity index (χ3n) is 5.33. The Morgan fingerprint density at radius 2 is 1.97 bits per heavy atom. The number of nitrogens with zero attached hydrogens (tertiary/aromatic N) is 4. The summed E-state index contributed by atoms with van der Waals surface area (Å²) >= 11 is 0. The van der Waals surface area contributed by atoms with Gasteiger partial charge in [0.25, 0.3) is 5.89 Å². The summed E-state index contributed by atoms with van der Waals surface area (Å²) in [5.74, 6) is 2.16. The highest BCUT2D eigenvalue weighted by Gasteiger charge is 2.40. The third kappa shape index (κ3) is 6.18. The van der Waals surface area contributed by atoms with E-state index < -0.39 is 14.6 Å². The maximum Gasteiger partial charge on any atom is 0.257 e. The van der Waals surface area contributed by atoms with E-state index in [4.69, 9.17) is 9.52 Å². The Hall–Kier alpha value is -1.69. The van der Waals surface area contributed by atoms with Crippen LogP contribution in [0.25, 0.3) is 11.5 Å². The van der Waals surface area contributed by atoms with Crippen molar-refractivity contribution in [2.24, 2.45) is 4.99 Å². The number of aliphatic imine (C=N–C) groups is 1. The fraction of sp³-hybridized carbons (Fsp3) is 0.571. The average Bonchev–Trinajstić information content (AvgIpc) is 3.19. The molecular formula is C21H32IN5O3S. The van der Waals surface area contributed by atoms with Crippen LogP contribution in [0.3, 0.4) is 0 Å². The minimum atomic E-state index is -3.07. The molecule has 1 aromatic carbocycles. The molecule has 0 saturated carbocycles. The second kappa shape index (κ2) is 10.8. The molecule has 1 N–H and O–H groups in total. The van der Waals surface area contributed by atoms with Gasteiger partial charge in [0.15, 0.2) is 21.6 Å². The molecule has 8 nitrogen and oxygen atoms in total. The first-order valence-electron chi connectivity index (χ1n) is 10.4. The molecule has 0 radical (unpaired) electrons. The molecule has 1 saturated heterocycles. The Morgan fingerprint density at radius 3 is 2.55 bits per heavy atom. The van der Waals surface area contributed by atoms with Crippen LogP contribution in [0, 0.1) is 0 Å². The second-order valence-electron chi connectivity index (χ2n) is 8.05. The van der Waals surface area contributed by atoms with Crippen molar-refractivity contribution in [3.8, 4) is 11.5 Å². The molecule has 1 aliphatic heterocycles. The minimum Gasteiger partial charge on any atom is -0.357 e. The van der Waals surface area contributed by atoms with Crippen LogP contribution < -0.4 is 5.32 Å². The van der Waals surface area contributed by atoms with Crippen LogP contribution in [0.5, 0.6) is 0 Å². The Balaban J connectivity index is 0.00000341. The first-order valence-corrected chi connectivity index (χ1v) is 12.1. The molecule has 0 aliphatic carbocycles. The van der Waals surface area contributed by atoms with Crippen LogP contribution in [-0.4, -0.2) is 66.1 Å². The van der Waals surface area contributed by atoms with Crippen LogP contribution in [0.15, 0.2) is 33.8 Å². The summed E-state index contributed by atoms with van der Waals surface area (Å²) in [5, 5.41) is 7.23. The van der Waals surface area contributed by atoms with Gasteiger partial charge in [0.05, 0.1) is 10.5 Å². The largest absolute Gasteiger partial charge is 0.357 e.